The number of hydrogen-bond acceptors (Lipinski definition) is 5. The molecule has 4 rings (SSSR count). The van der Waals surface area contributed by atoms with Crippen molar-refractivity contribution in [2.75, 3.05) is 26.3 Å². The van der Waals surface area contributed by atoms with Gasteiger partial charge in [-0.05, 0) is 49.5 Å². The highest BCUT2D eigenvalue weighted by Crippen LogP contribution is 2.26. The topological polar surface area (TPSA) is 84.9 Å². The molecular formula is C20H26N2O5S. The number of carbonyl (C=O) groups excluding carboxylic acids is 1. The van der Waals surface area contributed by atoms with Crippen LogP contribution >= 0.6 is 0 Å². The van der Waals surface area contributed by atoms with Gasteiger partial charge in [-0.3, -0.25) is 4.79 Å². The number of piperidine rings is 1. The minimum absolute atomic E-state index is 0.0289. The van der Waals surface area contributed by atoms with Gasteiger partial charge in [-0.25, -0.2) is 13.1 Å². The van der Waals surface area contributed by atoms with Gasteiger partial charge >= 0.3 is 0 Å². The molecule has 0 atom stereocenters. The third kappa shape index (κ3) is 4.81. The Morgan fingerprint density at radius 1 is 1.04 bits per heavy atom. The third-order valence-corrected chi connectivity index (χ3v) is 6.93. The van der Waals surface area contributed by atoms with Crippen LogP contribution in [-0.4, -0.2) is 57.9 Å². The zero-order valence-corrected chi connectivity index (χ0v) is 16.6. The molecule has 0 spiro atoms. The van der Waals surface area contributed by atoms with Crippen LogP contribution in [0.25, 0.3) is 6.08 Å². The number of nitrogens with one attached hydrogen (secondary N) is 1. The molecule has 1 N–H and O–H groups in total. The Kier molecular flexibility index (Phi) is 5.82. The van der Waals surface area contributed by atoms with Gasteiger partial charge < -0.3 is 14.4 Å². The number of hydrogen-bond donors (Lipinski definition) is 1. The number of sulfonamides is 1. The first-order valence-corrected chi connectivity index (χ1v) is 11.3. The maximum absolute atomic E-state index is 12.4. The lowest BCUT2D eigenvalue weighted by molar-refractivity contribution is -0.131. The molecule has 1 amide bonds. The smallest absolute Gasteiger partial charge is 0.246 e. The lowest BCUT2D eigenvalue weighted by Gasteiger charge is -2.33. The van der Waals surface area contributed by atoms with E-state index >= 15 is 0 Å². The molecule has 0 unspecified atom stereocenters. The van der Waals surface area contributed by atoms with Crippen molar-refractivity contribution in [3.63, 3.8) is 0 Å². The van der Waals surface area contributed by atoms with Gasteiger partial charge in [0.05, 0.1) is 18.1 Å². The van der Waals surface area contributed by atoms with Gasteiger partial charge in [0, 0.05) is 31.1 Å². The number of ether oxygens (including phenoxy) is 2. The van der Waals surface area contributed by atoms with Crippen molar-refractivity contribution in [1.82, 2.24) is 9.62 Å². The molecule has 0 aromatic heterocycles. The Labute approximate surface area is 165 Å². The molecule has 1 aliphatic carbocycles. The van der Waals surface area contributed by atoms with Crippen molar-refractivity contribution >= 4 is 22.0 Å². The van der Waals surface area contributed by atoms with Gasteiger partial charge in [0.25, 0.3) is 0 Å². The second-order valence-electron chi connectivity index (χ2n) is 7.57. The molecule has 1 saturated carbocycles. The van der Waals surface area contributed by atoms with Crippen LogP contribution in [0.3, 0.4) is 0 Å². The van der Waals surface area contributed by atoms with Crippen LogP contribution in [0.15, 0.2) is 35.2 Å². The first-order chi connectivity index (χ1) is 13.5. The van der Waals surface area contributed by atoms with Crippen molar-refractivity contribution in [3.8, 4) is 0 Å². The number of carbonyl (C=O) groups is 1. The Morgan fingerprint density at radius 2 is 1.68 bits per heavy atom. The van der Waals surface area contributed by atoms with Crippen LogP contribution in [0, 0.1) is 5.92 Å². The SMILES string of the molecule is O=C(/C=C/c1ccc(S(=O)(=O)NC2CC2)cc1)N1CCC(C2OCCO2)CC1. The molecule has 28 heavy (non-hydrogen) atoms. The molecule has 7 nitrogen and oxygen atoms in total. The molecule has 0 bridgehead atoms. The summed E-state index contributed by atoms with van der Waals surface area (Å²) in [5, 5.41) is 0. The maximum atomic E-state index is 12.4. The van der Waals surface area contributed by atoms with E-state index in [-0.39, 0.29) is 23.1 Å². The average Bonchev–Trinajstić information content (AvgIpc) is 3.33. The quantitative estimate of drug-likeness (QED) is 0.728. The summed E-state index contributed by atoms with van der Waals surface area (Å²) >= 11 is 0. The lowest BCUT2D eigenvalue weighted by Crippen LogP contribution is -2.40. The van der Waals surface area contributed by atoms with Gasteiger partial charge in [-0.15, -0.1) is 0 Å². The Balaban J connectivity index is 1.29. The molecule has 3 aliphatic rings. The Hall–Kier alpha value is -1.74. The number of rotatable bonds is 6. The van der Waals surface area contributed by atoms with Gasteiger partial charge in [0.15, 0.2) is 6.29 Å². The van der Waals surface area contributed by atoms with E-state index in [0.29, 0.717) is 32.2 Å². The van der Waals surface area contributed by atoms with Crippen molar-refractivity contribution in [1.29, 1.82) is 0 Å². The summed E-state index contributed by atoms with van der Waals surface area (Å²) in [6, 6.07) is 6.65. The fourth-order valence-electron chi connectivity index (χ4n) is 3.56. The molecule has 8 heteroatoms. The predicted octanol–water partition coefficient (Wildman–Crippen LogP) is 1.75. The van der Waals surface area contributed by atoms with Crippen molar-refractivity contribution in [3.05, 3.63) is 35.9 Å². The van der Waals surface area contributed by atoms with Gasteiger partial charge in [0.2, 0.25) is 15.9 Å². The molecule has 3 fully saturated rings. The molecule has 152 valence electrons. The average molecular weight is 407 g/mol. The normalized spacial score (nSPS) is 22.2. The summed E-state index contributed by atoms with van der Waals surface area (Å²) in [7, 11) is -3.44. The Bertz CT molecular complexity index is 819. The molecule has 2 aliphatic heterocycles. The second-order valence-corrected chi connectivity index (χ2v) is 9.28. The standard InChI is InChI=1S/C20H26N2O5S/c23-19(22-11-9-16(10-12-22)20-26-13-14-27-20)8-3-15-1-6-18(7-2-15)28(24,25)21-17-4-5-17/h1-3,6-8,16-17,20-21H,4-5,9-14H2/b8-3+. The molecule has 1 aromatic carbocycles. The van der Waals surface area contributed by atoms with Gasteiger partial charge in [-0.2, -0.15) is 0 Å². The highest BCUT2D eigenvalue weighted by Gasteiger charge is 2.31. The number of likely N-dealkylation sites (tertiary alicyclic amines) is 1. The lowest BCUT2D eigenvalue weighted by atomic mass is 9.96. The monoisotopic (exact) mass is 406 g/mol. The highest BCUT2D eigenvalue weighted by atomic mass is 32.2. The van der Waals surface area contributed by atoms with E-state index in [0.717, 1.165) is 31.2 Å². The summed E-state index contributed by atoms with van der Waals surface area (Å²) < 4.78 is 38.1. The van der Waals surface area contributed by atoms with Gasteiger partial charge in [-0.1, -0.05) is 12.1 Å². The van der Waals surface area contributed by atoms with Crippen LogP contribution in [0.1, 0.15) is 31.2 Å². The summed E-state index contributed by atoms with van der Waals surface area (Å²) in [5.41, 5.74) is 0.793. The van der Waals surface area contributed by atoms with E-state index in [4.69, 9.17) is 9.47 Å². The fourth-order valence-corrected chi connectivity index (χ4v) is 4.87. The van der Waals surface area contributed by atoms with E-state index in [1.54, 1.807) is 36.4 Å². The van der Waals surface area contributed by atoms with Crippen LogP contribution in [-0.2, 0) is 24.3 Å². The summed E-state index contributed by atoms with van der Waals surface area (Å²) in [6.45, 7) is 2.70. The van der Waals surface area contributed by atoms with E-state index in [9.17, 15) is 13.2 Å². The van der Waals surface area contributed by atoms with E-state index in [2.05, 4.69) is 4.72 Å². The van der Waals surface area contributed by atoms with E-state index in [1.807, 2.05) is 4.90 Å². The van der Waals surface area contributed by atoms with Crippen LogP contribution in [0.5, 0.6) is 0 Å². The highest BCUT2D eigenvalue weighted by molar-refractivity contribution is 7.89. The van der Waals surface area contributed by atoms with Crippen LogP contribution in [0.2, 0.25) is 0 Å². The first kappa shape index (κ1) is 19.6. The number of nitrogens with zero attached hydrogens (tertiary/aromatic N) is 1. The summed E-state index contributed by atoms with van der Waals surface area (Å²) in [5.74, 6) is 0.327. The minimum Gasteiger partial charge on any atom is -0.350 e. The molecular weight excluding hydrogens is 380 g/mol. The van der Waals surface area contributed by atoms with Crippen molar-refractivity contribution in [2.24, 2.45) is 5.92 Å². The van der Waals surface area contributed by atoms with Crippen LogP contribution < -0.4 is 4.72 Å². The fraction of sp³-hybridized carbons (Fsp3) is 0.550. The zero-order valence-electron chi connectivity index (χ0n) is 15.7. The first-order valence-electron chi connectivity index (χ1n) is 9.84. The molecule has 1 aromatic rings. The van der Waals surface area contributed by atoms with Crippen molar-refractivity contribution in [2.45, 2.75) is 42.9 Å². The predicted molar refractivity (Wildman–Crippen MR) is 104 cm³/mol. The van der Waals surface area contributed by atoms with Crippen molar-refractivity contribution < 1.29 is 22.7 Å². The molecule has 2 heterocycles. The Morgan fingerprint density at radius 3 is 2.29 bits per heavy atom. The summed E-state index contributed by atoms with van der Waals surface area (Å²) in [6.07, 6.45) is 6.73. The van der Waals surface area contributed by atoms with E-state index < -0.39 is 10.0 Å². The minimum atomic E-state index is -3.44. The zero-order chi connectivity index (χ0) is 19.6. The number of amides is 1. The molecule has 2 saturated heterocycles. The third-order valence-electron chi connectivity index (χ3n) is 5.39. The maximum Gasteiger partial charge on any atom is 0.246 e. The van der Waals surface area contributed by atoms with Crippen LogP contribution in [0.4, 0.5) is 0 Å². The van der Waals surface area contributed by atoms with E-state index in [1.165, 1.54) is 0 Å². The van der Waals surface area contributed by atoms with Gasteiger partial charge in [0.1, 0.15) is 0 Å². The summed E-state index contributed by atoms with van der Waals surface area (Å²) in [4.78, 5) is 14.5. The molecule has 0 radical (unpaired) electrons. The largest absolute Gasteiger partial charge is 0.350 e. The second kappa shape index (κ2) is 8.32. The number of benzene rings is 1.